The maximum absolute atomic E-state index is 11.8. The molecular weight excluding hydrogens is 200 g/mol. The standard InChI is InChI=1S/C13H26N2O/c1-10(2)12(4)9-14-13(16)15-7-5-11(3)6-8-15/h10-12H,5-9H2,1-4H3,(H,14,16). The number of carbonyl (C=O) groups is 1. The van der Waals surface area contributed by atoms with Crippen molar-refractivity contribution in [1.29, 1.82) is 0 Å². The summed E-state index contributed by atoms with van der Waals surface area (Å²) in [4.78, 5) is 13.8. The number of piperidine rings is 1. The largest absolute Gasteiger partial charge is 0.338 e. The van der Waals surface area contributed by atoms with Gasteiger partial charge < -0.3 is 10.2 Å². The highest BCUT2D eigenvalue weighted by molar-refractivity contribution is 5.74. The number of urea groups is 1. The second-order valence-electron chi connectivity index (χ2n) is 5.58. The monoisotopic (exact) mass is 226 g/mol. The Hall–Kier alpha value is -0.730. The molecular formula is C13H26N2O. The van der Waals surface area contributed by atoms with E-state index in [9.17, 15) is 4.79 Å². The Kier molecular flexibility index (Phi) is 5.10. The van der Waals surface area contributed by atoms with E-state index in [1.165, 1.54) is 0 Å². The highest BCUT2D eigenvalue weighted by Gasteiger charge is 2.20. The van der Waals surface area contributed by atoms with Crippen molar-refractivity contribution in [2.45, 2.75) is 40.5 Å². The van der Waals surface area contributed by atoms with Gasteiger partial charge in [0, 0.05) is 19.6 Å². The molecule has 1 fully saturated rings. The number of nitrogens with zero attached hydrogens (tertiary/aromatic N) is 1. The third kappa shape index (κ3) is 4.03. The first kappa shape index (κ1) is 13.3. The quantitative estimate of drug-likeness (QED) is 0.788. The normalized spacial score (nSPS) is 19.9. The van der Waals surface area contributed by atoms with Gasteiger partial charge in [-0.05, 0) is 30.6 Å². The van der Waals surface area contributed by atoms with Crippen LogP contribution in [0.15, 0.2) is 0 Å². The van der Waals surface area contributed by atoms with Gasteiger partial charge in [-0.25, -0.2) is 4.79 Å². The van der Waals surface area contributed by atoms with Crippen molar-refractivity contribution in [3.63, 3.8) is 0 Å². The number of carbonyl (C=O) groups excluding carboxylic acids is 1. The molecule has 1 N–H and O–H groups in total. The molecule has 1 unspecified atom stereocenters. The second kappa shape index (κ2) is 6.12. The maximum Gasteiger partial charge on any atom is 0.317 e. The Bertz CT molecular complexity index is 220. The minimum Gasteiger partial charge on any atom is -0.338 e. The lowest BCUT2D eigenvalue weighted by Gasteiger charge is -2.31. The fourth-order valence-corrected chi connectivity index (χ4v) is 1.81. The van der Waals surface area contributed by atoms with E-state index in [0.717, 1.165) is 38.4 Å². The lowest BCUT2D eigenvalue weighted by atomic mass is 9.98. The summed E-state index contributed by atoms with van der Waals surface area (Å²) in [5.41, 5.74) is 0. The maximum atomic E-state index is 11.8. The van der Waals surface area contributed by atoms with E-state index in [1.807, 2.05) is 4.90 Å². The lowest BCUT2D eigenvalue weighted by molar-refractivity contribution is 0.171. The molecule has 2 amide bonds. The molecule has 1 aliphatic rings. The van der Waals surface area contributed by atoms with Crippen molar-refractivity contribution in [3.05, 3.63) is 0 Å². The molecule has 0 aromatic rings. The van der Waals surface area contributed by atoms with Crippen LogP contribution >= 0.6 is 0 Å². The SMILES string of the molecule is CC1CCN(C(=O)NCC(C)C(C)C)CC1. The first-order valence-corrected chi connectivity index (χ1v) is 6.53. The Balaban J connectivity index is 2.25. The number of amides is 2. The smallest absolute Gasteiger partial charge is 0.317 e. The summed E-state index contributed by atoms with van der Waals surface area (Å²) in [5, 5.41) is 3.04. The Morgan fingerprint density at radius 3 is 2.38 bits per heavy atom. The Labute approximate surface area is 99.6 Å². The van der Waals surface area contributed by atoms with Crippen LogP contribution in [0.3, 0.4) is 0 Å². The minimum atomic E-state index is 0.124. The first-order valence-electron chi connectivity index (χ1n) is 6.53. The average molecular weight is 226 g/mol. The van der Waals surface area contributed by atoms with Crippen LogP contribution in [0.2, 0.25) is 0 Å². The van der Waals surface area contributed by atoms with Crippen molar-refractivity contribution >= 4 is 6.03 Å². The molecule has 1 atom stereocenters. The molecule has 0 radical (unpaired) electrons. The molecule has 0 spiro atoms. The molecule has 1 saturated heterocycles. The summed E-state index contributed by atoms with van der Waals surface area (Å²) >= 11 is 0. The van der Waals surface area contributed by atoms with Crippen molar-refractivity contribution < 1.29 is 4.79 Å². The van der Waals surface area contributed by atoms with Crippen LogP contribution in [0, 0.1) is 17.8 Å². The molecule has 0 saturated carbocycles. The van der Waals surface area contributed by atoms with Gasteiger partial charge in [0.2, 0.25) is 0 Å². The molecule has 0 aliphatic carbocycles. The Morgan fingerprint density at radius 1 is 1.31 bits per heavy atom. The van der Waals surface area contributed by atoms with E-state index in [0.29, 0.717) is 11.8 Å². The van der Waals surface area contributed by atoms with E-state index in [4.69, 9.17) is 0 Å². The molecule has 0 aromatic carbocycles. The summed E-state index contributed by atoms with van der Waals surface area (Å²) in [6.07, 6.45) is 2.29. The molecule has 1 rings (SSSR count). The van der Waals surface area contributed by atoms with Crippen LogP contribution in [0.5, 0.6) is 0 Å². The molecule has 0 aromatic heterocycles. The highest BCUT2D eigenvalue weighted by atomic mass is 16.2. The van der Waals surface area contributed by atoms with E-state index < -0.39 is 0 Å². The second-order valence-corrected chi connectivity index (χ2v) is 5.58. The van der Waals surface area contributed by atoms with E-state index in [-0.39, 0.29) is 6.03 Å². The van der Waals surface area contributed by atoms with Crippen molar-refractivity contribution in [3.8, 4) is 0 Å². The van der Waals surface area contributed by atoms with Gasteiger partial charge in [-0.15, -0.1) is 0 Å². The van der Waals surface area contributed by atoms with Crippen LogP contribution in [0.4, 0.5) is 4.79 Å². The third-order valence-corrected chi connectivity index (χ3v) is 3.78. The average Bonchev–Trinajstić information content (AvgIpc) is 2.26. The van der Waals surface area contributed by atoms with Gasteiger partial charge in [0.1, 0.15) is 0 Å². The van der Waals surface area contributed by atoms with Gasteiger partial charge in [-0.3, -0.25) is 0 Å². The van der Waals surface area contributed by atoms with Crippen molar-refractivity contribution in [2.75, 3.05) is 19.6 Å². The highest BCUT2D eigenvalue weighted by Crippen LogP contribution is 2.16. The van der Waals surface area contributed by atoms with Gasteiger partial charge >= 0.3 is 6.03 Å². The summed E-state index contributed by atoms with van der Waals surface area (Å²) in [5.74, 6) is 1.95. The van der Waals surface area contributed by atoms with Crippen LogP contribution in [0.25, 0.3) is 0 Å². The Morgan fingerprint density at radius 2 is 1.88 bits per heavy atom. The first-order chi connectivity index (χ1) is 7.50. The predicted molar refractivity (Wildman–Crippen MR) is 67.4 cm³/mol. The molecule has 3 nitrogen and oxygen atoms in total. The molecule has 3 heteroatoms. The van der Waals surface area contributed by atoms with Crippen LogP contribution < -0.4 is 5.32 Å². The van der Waals surface area contributed by atoms with Crippen molar-refractivity contribution in [2.24, 2.45) is 17.8 Å². The zero-order valence-corrected chi connectivity index (χ0v) is 11.1. The zero-order chi connectivity index (χ0) is 12.1. The molecule has 1 heterocycles. The fraction of sp³-hybridized carbons (Fsp3) is 0.923. The summed E-state index contributed by atoms with van der Waals surface area (Å²) in [6, 6.07) is 0.124. The third-order valence-electron chi connectivity index (χ3n) is 3.78. The summed E-state index contributed by atoms with van der Waals surface area (Å²) in [7, 11) is 0. The minimum absolute atomic E-state index is 0.124. The lowest BCUT2D eigenvalue weighted by Crippen LogP contribution is -2.45. The number of likely N-dealkylation sites (tertiary alicyclic amines) is 1. The molecule has 1 aliphatic heterocycles. The van der Waals surface area contributed by atoms with Crippen LogP contribution in [-0.2, 0) is 0 Å². The van der Waals surface area contributed by atoms with Crippen molar-refractivity contribution in [1.82, 2.24) is 10.2 Å². The molecule has 0 bridgehead atoms. The summed E-state index contributed by atoms with van der Waals surface area (Å²) < 4.78 is 0. The van der Waals surface area contributed by atoms with E-state index in [2.05, 4.69) is 33.0 Å². The molecule has 94 valence electrons. The van der Waals surface area contributed by atoms with E-state index >= 15 is 0 Å². The molecule has 16 heavy (non-hydrogen) atoms. The predicted octanol–water partition coefficient (Wildman–Crippen LogP) is 2.72. The van der Waals surface area contributed by atoms with Gasteiger partial charge in [-0.1, -0.05) is 27.7 Å². The number of nitrogens with one attached hydrogen (secondary N) is 1. The van der Waals surface area contributed by atoms with Gasteiger partial charge in [-0.2, -0.15) is 0 Å². The van der Waals surface area contributed by atoms with E-state index in [1.54, 1.807) is 0 Å². The fourth-order valence-electron chi connectivity index (χ4n) is 1.81. The number of hydrogen-bond donors (Lipinski definition) is 1. The number of hydrogen-bond acceptors (Lipinski definition) is 1. The number of rotatable bonds is 3. The zero-order valence-electron chi connectivity index (χ0n) is 11.1. The van der Waals surface area contributed by atoms with Gasteiger partial charge in [0.15, 0.2) is 0 Å². The van der Waals surface area contributed by atoms with Gasteiger partial charge in [0.05, 0.1) is 0 Å². The topological polar surface area (TPSA) is 32.3 Å². The summed E-state index contributed by atoms with van der Waals surface area (Å²) in [6.45, 7) is 11.5. The van der Waals surface area contributed by atoms with Crippen LogP contribution in [-0.4, -0.2) is 30.6 Å². The van der Waals surface area contributed by atoms with Crippen LogP contribution in [0.1, 0.15) is 40.5 Å². The van der Waals surface area contributed by atoms with Gasteiger partial charge in [0.25, 0.3) is 0 Å².